The molecule has 0 aromatic carbocycles. The Morgan fingerprint density at radius 2 is 2.04 bits per heavy atom. The highest BCUT2D eigenvalue weighted by molar-refractivity contribution is 6.05. The number of carboxylic acid groups (broad SMARTS) is 1. The van der Waals surface area contributed by atoms with Crippen LogP contribution in [0.15, 0.2) is 18.3 Å². The highest BCUT2D eigenvalue weighted by atomic mass is 16.4. The van der Waals surface area contributed by atoms with Gasteiger partial charge in [0.2, 0.25) is 5.91 Å². The molecule has 0 bridgehead atoms. The summed E-state index contributed by atoms with van der Waals surface area (Å²) in [6.07, 6.45) is 5.37. The summed E-state index contributed by atoms with van der Waals surface area (Å²) >= 11 is 0. The van der Waals surface area contributed by atoms with Crippen molar-refractivity contribution in [3.8, 4) is 0 Å². The minimum atomic E-state index is -0.823. The number of aromatic nitrogens is 1. The molecule has 0 radical (unpaired) electrons. The van der Waals surface area contributed by atoms with E-state index in [-0.39, 0.29) is 5.91 Å². The monoisotopic (exact) mass is 344 g/mol. The van der Waals surface area contributed by atoms with Crippen LogP contribution in [0.4, 0.5) is 10.6 Å². The lowest BCUT2D eigenvalue weighted by Crippen LogP contribution is -2.46. The Morgan fingerprint density at radius 3 is 2.80 bits per heavy atom. The molecule has 1 aromatic heterocycles. The van der Waals surface area contributed by atoms with E-state index in [9.17, 15) is 14.7 Å². The first-order chi connectivity index (χ1) is 12.1. The number of hydrogen-bond acceptors (Lipinski definition) is 4. The molecule has 3 aliphatic rings. The second-order valence-corrected chi connectivity index (χ2v) is 7.33. The molecule has 2 amide bonds. The van der Waals surface area contributed by atoms with E-state index in [2.05, 4.69) is 15.2 Å². The van der Waals surface area contributed by atoms with Crippen molar-refractivity contribution < 1.29 is 14.7 Å². The summed E-state index contributed by atoms with van der Waals surface area (Å²) in [4.78, 5) is 32.0. The van der Waals surface area contributed by atoms with E-state index in [1.807, 2.05) is 12.1 Å². The van der Waals surface area contributed by atoms with Crippen LogP contribution in [0.1, 0.15) is 37.7 Å². The van der Waals surface area contributed by atoms with Gasteiger partial charge in [0.25, 0.3) is 0 Å². The van der Waals surface area contributed by atoms with Gasteiger partial charge in [-0.3, -0.25) is 9.69 Å². The van der Waals surface area contributed by atoms with Crippen molar-refractivity contribution in [2.24, 2.45) is 0 Å². The van der Waals surface area contributed by atoms with Gasteiger partial charge in [0.15, 0.2) is 0 Å². The normalized spacial score (nSPS) is 30.0. The summed E-state index contributed by atoms with van der Waals surface area (Å²) in [5.41, 5.74) is 0.630. The molecule has 1 saturated carbocycles. The fourth-order valence-electron chi connectivity index (χ4n) is 4.69. The van der Waals surface area contributed by atoms with Gasteiger partial charge < -0.3 is 15.3 Å². The van der Waals surface area contributed by atoms with Crippen LogP contribution in [0.2, 0.25) is 0 Å². The van der Waals surface area contributed by atoms with E-state index in [1.54, 1.807) is 6.20 Å². The predicted octanol–water partition coefficient (Wildman–Crippen LogP) is 1.90. The number of fused-ring (bicyclic) bond motifs is 2. The van der Waals surface area contributed by atoms with E-state index in [0.29, 0.717) is 19.1 Å². The van der Waals surface area contributed by atoms with Crippen molar-refractivity contribution in [3.05, 3.63) is 23.9 Å². The van der Waals surface area contributed by atoms with E-state index in [4.69, 9.17) is 0 Å². The second-order valence-electron chi connectivity index (χ2n) is 7.33. The van der Waals surface area contributed by atoms with Gasteiger partial charge in [0.1, 0.15) is 5.82 Å². The van der Waals surface area contributed by atoms with Crippen LogP contribution in [0.5, 0.6) is 0 Å². The highest BCUT2D eigenvalue weighted by Crippen LogP contribution is 2.47. The van der Waals surface area contributed by atoms with Crippen LogP contribution in [-0.4, -0.2) is 64.1 Å². The molecule has 7 nitrogen and oxygen atoms in total. The van der Waals surface area contributed by atoms with Gasteiger partial charge in [-0.1, -0.05) is 6.07 Å². The van der Waals surface area contributed by atoms with Crippen molar-refractivity contribution in [2.75, 3.05) is 31.5 Å². The molecule has 1 spiro atoms. The first-order valence-corrected chi connectivity index (χ1v) is 9.09. The van der Waals surface area contributed by atoms with E-state index >= 15 is 0 Å². The Labute approximate surface area is 147 Å². The lowest BCUT2D eigenvalue weighted by molar-refractivity contribution is -0.122. The van der Waals surface area contributed by atoms with Gasteiger partial charge >= 0.3 is 6.09 Å². The van der Waals surface area contributed by atoms with Gasteiger partial charge in [-0.05, 0) is 38.2 Å². The zero-order chi connectivity index (χ0) is 17.4. The SMILES string of the molecule is O=C(O)N1CCCN(C2CCC3(CC2)C(=O)Nc2ncccc23)CC1. The lowest BCUT2D eigenvalue weighted by Gasteiger charge is -2.40. The molecule has 7 heteroatoms. The maximum atomic E-state index is 12.6. The zero-order valence-electron chi connectivity index (χ0n) is 14.3. The smallest absolute Gasteiger partial charge is 0.407 e. The molecule has 1 saturated heterocycles. The van der Waals surface area contributed by atoms with Crippen molar-refractivity contribution in [1.29, 1.82) is 0 Å². The maximum Gasteiger partial charge on any atom is 0.407 e. The number of rotatable bonds is 1. The van der Waals surface area contributed by atoms with Crippen molar-refractivity contribution >= 4 is 17.8 Å². The van der Waals surface area contributed by atoms with Crippen LogP contribution < -0.4 is 5.32 Å². The van der Waals surface area contributed by atoms with Gasteiger partial charge in [0.05, 0.1) is 5.41 Å². The molecule has 1 aliphatic carbocycles. The zero-order valence-corrected chi connectivity index (χ0v) is 14.3. The second kappa shape index (κ2) is 6.29. The minimum absolute atomic E-state index is 0.0903. The summed E-state index contributed by atoms with van der Waals surface area (Å²) in [6, 6.07) is 4.37. The Balaban J connectivity index is 1.44. The van der Waals surface area contributed by atoms with Crippen molar-refractivity contribution in [2.45, 2.75) is 43.6 Å². The molecule has 4 rings (SSSR count). The standard InChI is InChI=1S/C18H24N4O3/c23-16-18(14-3-1-8-19-15(14)20-16)6-4-13(5-7-18)21-9-2-10-22(12-11-21)17(24)25/h1,3,8,13H,2,4-7,9-12H2,(H,24,25)(H,19,20,23). The summed E-state index contributed by atoms with van der Waals surface area (Å²) in [6.45, 7) is 2.91. The van der Waals surface area contributed by atoms with Gasteiger partial charge in [-0.2, -0.15) is 0 Å². The van der Waals surface area contributed by atoms with Gasteiger partial charge in [0, 0.05) is 44.0 Å². The summed E-state index contributed by atoms with van der Waals surface area (Å²) < 4.78 is 0. The molecule has 0 atom stereocenters. The molecule has 134 valence electrons. The molecular formula is C18H24N4O3. The Kier molecular flexibility index (Phi) is 4.11. The molecular weight excluding hydrogens is 320 g/mol. The van der Waals surface area contributed by atoms with Crippen molar-refractivity contribution in [3.63, 3.8) is 0 Å². The number of carbonyl (C=O) groups excluding carboxylic acids is 1. The minimum Gasteiger partial charge on any atom is -0.465 e. The molecule has 2 N–H and O–H groups in total. The average Bonchev–Trinajstić information content (AvgIpc) is 2.79. The number of nitrogens with one attached hydrogen (secondary N) is 1. The molecule has 0 unspecified atom stereocenters. The Morgan fingerprint density at radius 1 is 1.24 bits per heavy atom. The first-order valence-electron chi connectivity index (χ1n) is 9.09. The third kappa shape index (κ3) is 2.76. The quantitative estimate of drug-likeness (QED) is 0.813. The van der Waals surface area contributed by atoms with E-state index in [1.165, 1.54) is 4.90 Å². The fraction of sp³-hybridized carbons (Fsp3) is 0.611. The number of nitrogens with zero attached hydrogens (tertiary/aromatic N) is 3. The number of hydrogen-bond donors (Lipinski definition) is 2. The average molecular weight is 344 g/mol. The number of pyridine rings is 1. The van der Waals surface area contributed by atoms with Crippen LogP contribution in [0.25, 0.3) is 0 Å². The predicted molar refractivity (Wildman–Crippen MR) is 92.6 cm³/mol. The Hall–Kier alpha value is -2.15. The molecule has 2 aliphatic heterocycles. The molecule has 25 heavy (non-hydrogen) atoms. The van der Waals surface area contributed by atoms with Crippen molar-refractivity contribution in [1.82, 2.24) is 14.8 Å². The summed E-state index contributed by atoms with van der Waals surface area (Å²) in [5.74, 6) is 0.811. The van der Waals surface area contributed by atoms with Crippen LogP contribution in [0.3, 0.4) is 0 Å². The van der Waals surface area contributed by atoms with Gasteiger partial charge in [-0.15, -0.1) is 0 Å². The molecule has 1 aromatic rings. The third-order valence-electron chi connectivity index (χ3n) is 6.12. The first kappa shape index (κ1) is 16.3. The van der Waals surface area contributed by atoms with Gasteiger partial charge in [-0.25, -0.2) is 9.78 Å². The number of amides is 2. The number of carbonyl (C=O) groups is 2. The maximum absolute atomic E-state index is 12.6. The van der Waals surface area contributed by atoms with E-state index < -0.39 is 11.5 Å². The topological polar surface area (TPSA) is 85.8 Å². The summed E-state index contributed by atoms with van der Waals surface area (Å²) in [7, 11) is 0. The van der Waals surface area contributed by atoms with Crippen LogP contribution >= 0.6 is 0 Å². The number of anilines is 1. The largest absolute Gasteiger partial charge is 0.465 e. The highest BCUT2D eigenvalue weighted by Gasteiger charge is 2.49. The molecule has 2 fully saturated rings. The fourth-order valence-corrected chi connectivity index (χ4v) is 4.69. The van der Waals surface area contributed by atoms with Crippen LogP contribution in [0, 0.1) is 0 Å². The van der Waals surface area contributed by atoms with Crippen LogP contribution in [-0.2, 0) is 10.2 Å². The Bertz CT molecular complexity index is 685. The molecule has 3 heterocycles. The third-order valence-corrected chi connectivity index (χ3v) is 6.12. The summed E-state index contributed by atoms with van der Waals surface area (Å²) in [5, 5.41) is 12.1. The lowest BCUT2D eigenvalue weighted by atomic mass is 9.69. The van der Waals surface area contributed by atoms with E-state index in [0.717, 1.165) is 56.6 Å².